The van der Waals surface area contributed by atoms with Crippen LogP contribution >= 0.6 is 0 Å². The SMILES string of the molecule is C[N-]C.C[SiH]C.[CH2-]C1=CC=CC1.[Zr+2]. The molecule has 0 saturated carbocycles. The number of nitrogens with zero attached hydrogens (tertiary/aromatic N) is 1. The van der Waals surface area contributed by atoms with Gasteiger partial charge in [-0.25, -0.2) is 18.6 Å². The normalized spacial score (nSPS) is 11.2. The molecule has 0 spiro atoms. The van der Waals surface area contributed by atoms with Crippen molar-refractivity contribution >= 4 is 9.52 Å². The zero-order valence-electron chi connectivity index (χ0n) is 9.17. The number of rotatable bonds is 0. The van der Waals surface area contributed by atoms with Crippen molar-refractivity contribution in [1.82, 2.24) is 0 Å². The molecule has 13 heavy (non-hydrogen) atoms. The molecular weight excluding hydrogens is 253 g/mol. The largest absolute Gasteiger partial charge is 2.00 e. The molecule has 73 valence electrons. The van der Waals surface area contributed by atoms with Gasteiger partial charge in [-0.15, -0.1) is 12.2 Å². The molecule has 0 aromatic heterocycles. The Morgan fingerprint density at radius 2 is 1.77 bits per heavy atom. The topological polar surface area (TPSA) is 14.1 Å². The summed E-state index contributed by atoms with van der Waals surface area (Å²) in [7, 11) is 4.25. The molecule has 0 N–H and O–H groups in total. The minimum atomic E-state index is 0. The summed E-state index contributed by atoms with van der Waals surface area (Å²) in [5.74, 6) is 0. The molecule has 0 saturated heterocycles. The minimum absolute atomic E-state index is 0. The fraction of sp³-hybridized carbons (Fsp3) is 0.500. The van der Waals surface area contributed by atoms with E-state index in [4.69, 9.17) is 0 Å². The summed E-state index contributed by atoms with van der Waals surface area (Å²) in [6, 6.07) is 0. The third-order valence-corrected chi connectivity index (χ3v) is 0.848. The molecule has 1 aliphatic rings. The summed E-state index contributed by atoms with van der Waals surface area (Å²) >= 11 is 0. The van der Waals surface area contributed by atoms with Gasteiger partial charge in [0.2, 0.25) is 0 Å². The van der Waals surface area contributed by atoms with Gasteiger partial charge in [0.1, 0.15) is 0 Å². The second-order valence-corrected chi connectivity index (χ2v) is 3.64. The Hall–Kier alpha value is 0.410. The van der Waals surface area contributed by atoms with Gasteiger partial charge >= 0.3 is 26.2 Å². The Labute approximate surface area is 105 Å². The molecule has 0 aliphatic heterocycles. The summed E-state index contributed by atoms with van der Waals surface area (Å²) in [5.41, 5.74) is 1.22. The molecular formula is C10H20NSiZr. The zero-order valence-corrected chi connectivity index (χ0v) is 12.8. The molecule has 1 radical (unpaired) electrons. The molecule has 0 fully saturated rings. The molecule has 0 heterocycles. The molecule has 3 heteroatoms. The first kappa shape index (κ1) is 19.1. The second kappa shape index (κ2) is 18.2. The van der Waals surface area contributed by atoms with Gasteiger partial charge in [-0.1, -0.05) is 13.1 Å². The first-order valence-electron chi connectivity index (χ1n) is 4.12. The van der Waals surface area contributed by atoms with Gasteiger partial charge in [0.05, 0.1) is 0 Å². The number of hydrogen-bond acceptors (Lipinski definition) is 0. The van der Waals surface area contributed by atoms with Crippen LogP contribution in [0, 0.1) is 6.92 Å². The quantitative estimate of drug-likeness (QED) is 0.476. The molecule has 0 aromatic carbocycles. The third-order valence-electron chi connectivity index (χ3n) is 0.848. The van der Waals surface area contributed by atoms with E-state index in [0.717, 1.165) is 15.9 Å². The Kier molecular flexibility index (Phi) is 26.7. The Morgan fingerprint density at radius 1 is 1.38 bits per heavy atom. The summed E-state index contributed by atoms with van der Waals surface area (Å²) in [5, 5.41) is 3.50. The molecule has 1 nitrogen and oxygen atoms in total. The van der Waals surface area contributed by atoms with Crippen LogP contribution in [0.15, 0.2) is 23.8 Å². The van der Waals surface area contributed by atoms with Crippen LogP contribution in [0.1, 0.15) is 6.42 Å². The van der Waals surface area contributed by atoms with Crippen LogP contribution in [0.4, 0.5) is 0 Å². The maximum atomic E-state index is 3.74. The van der Waals surface area contributed by atoms with Crippen molar-refractivity contribution in [2.75, 3.05) is 14.1 Å². The van der Waals surface area contributed by atoms with E-state index in [2.05, 4.69) is 31.4 Å². The van der Waals surface area contributed by atoms with Gasteiger partial charge in [0.25, 0.3) is 0 Å². The summed E-state index contributed by atoms with van der Waals surface area (Å²) < 4.78 is 0. The summed E-state index contributed by atoms with van der Waals surface area (Å²) in [6.07, 6.45) is 7.21. The van der Waals surface area contributed by atoms with Crippen LogP contribution < -0.4 is 0 Å². The van der Waals surface area contributed by atoms with Gasteiger partial charge in [-0.2, -0.15) is 14.1 Å². The minimum Gasteiger partial charge on any atom is -0.668 e. The van der Waals surface area contributed by atoms with Gasteiger partial charge in [0.15, 0.2) is 0 Å². The van der Waals surface area contributed by atoms with E-state index in [1.54, 1.807) is 14.1 Å². The standard InChI is InChI=1S/C6H7.C2H6N.C2H7Si.Zr/c1-6-4-2-3-5-6;2*1-3-2;/h2-4H,1,5H2;1-2H3;3H,1-2H3;/q2*-1;;+2. The number of hydrogen-bond donors (Lipinski definition) is 0. The van der Waals surface area contributed by atoms with Gasteiger partial charge in [-0.3, -0.25) is 0 Å². The van der Waals surface area contributed by atoms with Crippen LogP contribution in [0.25, 0.3) is 5.32 Å². The van der Waals surface area contributed by atoms with Crippen molar-refractivity contribution < 1.29 is 26.2 Å². The fourth-order valence-corrected chi connectivity index (χ4v) is 0.492. The molecule has 0 atom stereocenters. The average molecular weight is 274 g/mol. The van der Waals surface area contributed by atoms with Crippen molar-refractivity contribution in [2.45, 2.75) is 19.5 Å². The van der Waals surface area contributed by atoms with E-state index < -0.39 is 0 Å². The molecule has 1 rings (SSSR count). The van der Waals surface area contributed by atoms with Crippen LogP contribution in [0.5, 0.6) is 0 Å². The molecule has 0 aromatic rings. The van der Waals surface area contributed by atoms with Crippen LogP contribution in [0.3, 0.4) is 0 Å². The number of allylic oxidation sites excluding steroid dienone is 4. The molecule has 0 amide bonds. The smallest absolute Gasteiger partial charge is 0.668 e. The predicted molar refractivity (Wildman–Crippen MR) is 61.3 cm³/mol. The maximum Gasteiger partial charge on any atom is 2.00 e. The Balaban J connectivity index is -0.000000126. The summed E-state index contributed by atoms with van der Waals surface area (Å²) in [4.78, 5) is 0. The first-order chi connectivity index (χ1) is 5.72. The van der Waals surface area contributed by atoms with Crippen molar-refractivity contribution in [3.8, 4) is 0 Å². The van der Waals surface area contributed by atoms with Crippen LogP contribution in [-0.2, 0) is 26.2 Å². The second-order valence-electron chi connectivity index (χ2n) is 2.48. The van der Waals surface area contributed by atoms with Crippen molar-refractivity contribution in [3.05, 3.63) is 36.0 Å². The molecule has 0 bridgehead atoms. The van der Waals surface area contributed by atoms with Crippen molar-refractivity contribution in [1.29, 1.82) is 0 Å². The fourth-order valence-electron chi connectivity index (χ4n) is 0.492. The van der Waals surface area contributed by atoms with Crippen molar-refractivity contribution in [3.63, 3.8) is 0 Å². The van der Waals surface area contributed by atoms with Gasteiger partial charge in [0, 0.05) is 9.52 Å². The van der Waals surface area contributed by atoms with E-state index in [1.165, 1.54) is 5.57 Å². The Morgan fingerprint density at radius 3 is 1.85 bits per heavy atom. The summed E-state index contributed by atoms with van der Waals surface area (Å²) in [6.45, 7) is 8.15. The Bertz CT molecular complexity index is 131. The van der Waals surface area contributed by atoms with Crippen LogP contribution in [-0.4, -0.2) is 23.6 Å². The predicted octanol–water partition coefficient (Wildman–Crippen LogP) is 2.84. The van der Waals surface area contributed by atoms with E-state index in [0.29, 0.717) is 0 Å². The van der Waals surface area contributed by atoms with Crippen LogP contribution in [0.2, 0.25) is 13.1 Å². The van der Waals surface area contributed by atoms with Gasteiger partial charge in [-0.05, 0) is 6.42 Å². The van der Waals surface area contributed by atoms with Gasteiger partial charge < -0.3 is 5.32 Å². The third kappa shape index (κ3) is 24.5. The average Bonchev–Trinajstić information content (AvgIpc) is 2.43. The van der Waals surface area contributed by atoms with E-state index in [9.17, 15) is 0 Å². The van der Waals surface area contributed by atoms with Crippen molar-refractivity contribution in [2.24, 2.45) is 0 Å². The molecule has 1 aliphatic carbocycles. The first-order valence-corrected chi connectivity index (χ1v) is 6.43. The monoisotopic (exact) mass is 272 g/mol. The zero-order chi connectivity index (χ0) is 9.82. The molecule has 0 unspecified atom stereocenters. The maximum absolute atomic E-state index is 3.74. The van der Waals surface area contributed by atoms with E-state index in [-0.39, 0.29) is 26.2 Å². The van der Waals surface area contributed by atoms with E-state index in [1.807, 2.05) is 12.2 Å². The van der Waals surface area contributed by atoms with E-state index >= 15 is 0 Å².